The van der Waals surface area contributed by atoms with Crippen molar-refractivity contribution in [2.75, 3.05) is 5.43 Å². The topological polar surface area (TPSA) is 107 Å². The smallest absolute Gasteiger partial charge is 0.267 e. The lowest BCUT2D eigenvalue weighted by molar-refractivity contribution is -0.384. The fraction of sp³-hybridized carbons (Fsp3) is 0.0870. The number of nitrogens with zero attached hydrogens (tertiary/aromatic N) is 3. The normalized spacial score (nSPS) is 10.8. The van der Waals surface area contributed by atoms with E-state index in [0.29, 0.717) is 16.5 Å². The van der Waals surface area contributed by atoms with Crippen molar-refractivity contribution in [2.45, 2.75) is 13.8 Å². The van der Waals surface area contributed by atoms with Crippen LogP contribution in [0.1, 0.15) is 21.5 Å². The van der Waals surface area contributed by atoms with Crippen molar-refractivity contribution in [2.24, 2.45) is 0 Å². The second-order valence-electron chi connectivity index (χ2n) is 7.14. The van der Waals surface area contributed by atoms with E-state index in [4.69, 9.17) is 0 Å². The molecule has 0 unspecified atom stereocenters. The molecule has 1 amide bonds. The first-order valence-corrected chi connectivity index (χ1v) is 9.50. The van der Waals surface area contributed by atoms with E-state index in [1.54, 1.807) is 24.3 Å². The first-order chi connectivity index (χ1) is 14.8. The van der Waals surface area contributed by atoms with Crippen molar-refractivity contribution in [3.05, 3.63) is 104 Å². The summed E-state index contributed by atoms with van der Waals surface area (Å²) in [6, 6.07) is 17.8. The summed E-state index contributed by atoms with van der Waals surface area (Å²) in [5.41, 5.74) is 5.21. The van der Waals surface area contributed by atoms with Gasteiger partial charge < -0.3 is 0 Å². The third kappa shape index (κ3) is 3.78. The molecule has 0 saturated carbocycles. The standard InChI is InChI=1S/C23H18N4O4/c1-14-10-11-16(12-15(14)2)21-24-20-9-4-3-8-19(20)23(29)26(21)25-22(28)17-6-5-7-18(13-17)27(30)31/h3-13H,1-2H3,(H,25,28). The fourth-order valence-electron chi connectivity index (χ4n) is 3.24. The molecule has 0 aliphatic heterocycles. The number of nitrogens with one attached hydrogen (secondary N) is 1. The molecule has 0 bridgehead atoms. The highest BCUT2D eigenvalue weighted by Crippen LogP contribution is 2.21. The predicted molar refractivity (Wildman–Crippen MR) is 118 cm³/mol. The zero-order chi connectivity index (χ0) is 22.1. The van der Waals surface area contributed by atoms with Crippen LogP contribution >= 0.6 is 0 Å². The number of aryl methyl sites for hydroxylation is 2. The molecule has 1 heterocycles. The molecule has 0 spiro atoms. The summed E-state index contributed by atoms with van der Waals surface area (Å²) in [4.78, 5) is 41.1. The van der Waals surface area contributed by atoms with Crippen LogP contribution in [0.25, 0.3) is 22.3 Å². The number of carbonyl (C=O) groups is 1. The first kappa shape index (κ1) is 20.0. The number of para-hydroxylation sites is 1. The van der Waals surface area contributed by atoms with E-state index in [2.05, 4.69) is 10.4 Å². The molecule has 0 radical (unpaired) electrons. The SMILES string of the molecule is Cc1ccc(-c2nc3ccccc3c(=O)n2NC(=O)c2cccc([N+](=O)[O-])c2)cc1C. The van der Waals surface area contributed by atoms with E-state index in [1.165, 1.54) is 18.2 Å². The highest BCUT2D eigenvalue weighted by Gasteiger charge is 2.17. The summed E-state index contributed by atoms with van der Waals surface area (Å²) in [6.07, 6.45) is 0. The van der Waals surface area contributed by atoms with Crippen molar-refractivity contribution in [3.63, 3.8) is 0 Å². The summed E-state index contributed by atoms with van der Waals surface area (Å²) < 4.78 is 1.09. The molecule has 0 fully saturated rings. The molecule has 3 aromatic carbocycles. The summed E-state index contributed by atoms with van der Waals surface area (Å²) in [7, 11) is 0. The molecular formula is C23H18N4O4. The van der Waals surface area contributed by atoms with Gasteiger partial charge in [-0.2, -0.15) is 4.68 Å². The Kier molecular flexibility index (Phi) is 5.04. The van der Waals surface area contributed by atoms with Gasteiger partial charge in [0, 0.05) is 23.3 Å². The zero-order valence-corrected chi connectivity index (χ0v) is 16.8. The Morgan fingerprint density at radius 3 is 2.52 bits per heavy atom. The average molecular weight is 414 g/mol. The van der Waals surface area contributed by atoms with E-state index in [9.17, 15) is 19.7 Å². The van der Waals surface area contributed by atoms with Gasteiger partial charge in [-0.25, -0.2) is 4.98 Å². The second kappa shape index (κ2) is 7.83. The molecular weight excluding hydrogens is 396 g/mol. The number of amides is 1. The van der Waals surface area contributed by atoms with E-state index in [0.717, 1.165) is 21.9 Å². The van der Waals surface area contributed by atoms with E-state index in [-0.39, 0.29) is 17.1 Å². The fourth-order valence-corrected chi connectivity index (χ4v) is 3.24. The van der Waals surface area contributed by atoms with Crippen molar-refractivity contribution in [3.8, 4) is 11.4 Å². The summed E-state index contributed by atoms with van der Waals surface area (Å²) in [5, 5.41) is 11.4. The van der Waals surface area contributed by atoms with Gasteiger partial charge in [-0.3, -0.25) is 25.1 Å². The molecule has 154 valence electrons. The Bertz CT molecular complexity index is 1410. The minimum absolute atomic E-state index is 0.0558. The number of hydrogen-bond acceptors (Lipinski definition) is 5. The summed E-state index contributed by atoms with van der Waals surface area (Å²) >= 11 is 0. The molecule has 8 nitrogen and oxygen atoms in total. The highest BCUT2D eigenvalue weighted by molar-refractivity contribution is 6.01. The van der Waals surface area contributed by atoms with Crippen LogP contribution in [0.4, 0.5) is 5.69 Å². The molecule has 31 heavy (non-hydrogen) atoms. The first-order valence-electron chi connectivity index (χ1n) is 9.50. The molecule has 4 rings (SSSR count). The average Bonchev–Trinajstić information content (AvgIpc) is 2.77. The maximum Gasteiger partial charge on any atom is 0.280 e. The van der Waals surface area contributed by atoms with Crippen LogP contribution < -0.4 is 11.0 Å². The number of fused-ring (bicyclic) bond motifs is 1. The summed E-state index contributed by atoms with van der Waals surface area (Å²) in [6.45, 7) is 3.92. The van der Waals surface area contributed by atoms with E-state index < -0.39 is 16.4 Å². The maximum atomic E-state index is 13.2. The van der Waals surface area contributed by atoms with Gasteiger partial charge in [0.05, 0.1) is 15.8 Å². The van der Waals surface area contributed by atoms with E-state index in [1.807, 2.05) is 32.0 Å². The van der Waals surface area contributed by atoms with Crippen molar-refractivity contribution in [1.82, 2.24) is 9.66 Å². The van der Waals surface area contributed by atoms with Crippen LogP contribution in [-0.4, -0.2) is 20.5 Å². The Morgan fingerprint density at radius 1 is 1.00 bits per heavy atom. The third-order valence-corrected chi connectivity index (χ3v) is 5.07. The minimum Gasteiger partial charge on any atom is -0.267 e. The van der Waals surface area contributed by atoms with Gasteiger partial charge in [-0.15, -0.1) is 0 Å². The van der Waals surface area contributed by atoms with Crippen molar-refractivity contribution < 1.29 is 9.72 Å². The lowest BCUT2D eigenvalue weighted by atomic mass is 10.1. The quantitative estimate of drug-likeness (QED) is 0.402. The van der Waals surface area contributed by atoms with Crippen LogP contribution in [0.5, 0.6) is 0 Å². The zero-order valence-electron chi connectivity index (χ0n) is 16.8. The van der Waals surface area contributed by atoms with Gasteiger partial charge in [-0.05, 0) is 49.2 Å². The highest BCUT2D eigenvalue weighted by atomic mass is 16.6. The van der Waals surface area contributed by atoms with Crippen LogP contribution in [0.15, 0.2) is 71.5 Å². The lowest BCUT2D eigenvalue weighted by Crippen LogP contribution is -2.35. The third-order valence-electron chi connectivity index (χ3n) is 5.07. The van der Waals surface area contributed by atoms with Gasteiger partial charge in [0.2, 0.25) is 0 Å². The molecule has 0 aliphatic carbocycles. The predicted octanol–water partition coefficient (Wildman–Crippen LogP) is 3.97. The van der Waals surface area contributed by atoms with Gasteiger partial charge >= 0.3 is 0 Å². The number of nitro benzene ring substituents is 1. The van der Waals surface area contributed by atoms with Crippen LogP contribution in [-0.2, 0) is 0 Å². The Labute approximate surface area is 176 Å². The molecule has 4 aromatic rings. The van der Waals surface area contributed by atoms with Gasteiger partial charge in [-0.1, -0.05) is 30.3 Å². The molecule has 0 atom stereocenters. The van der Waals surface area contributed by atoms with Gasteiger partial charge in [0.15, 0.2) is 5.82 Å². The second-order valence-corrected chi connectivity index (χ2v) is 7.14. The Balaban J connectivity index is 1.87. The van der Waals surface area contributed by atoms with Crippen LogP contribution in [0.2, 0.25) is 0 Å². The molecule has 1 aromatic heterocycles. The Hall–Kier alpha value is -4.33. The van der Waals surface area contributed by atoms with Crippen LogP contribution in [0, 0.1) is 24.0 Å². The number of rotatable bonds is 4. The van der Waals surface area contributed by atoms with E-state index >= 15 is 0 Å². The molecule has 8 heteroatoms. The van der Waals surface area contributed by atoms with Gasteiger partial charge in [0.1, 0.15) is 0 Å². The van der Waals surface area contributed by atoms with Crippen molar-refractivity contribution >= 4 is 22.5 Å². The number of benzene rings is 3. The van der Waals surface area contributed by atoms with Gasteiger partial charge in [0.25, 0.3) is 17.2 Å². The number of carbonyl (C=O) groups excluding carboxylic acids is 1. The minimum atomic E-state index is -0.659. The maximum absolute atomic E-state index is 13.2. The molecule has 0 aliphatic rings. The number of aromatic nitrogens is 2. The largest absolute Gasteiger partial charge is 0.280 e. The number of nitro groups is 1. The number of hydrogen-bond donors (Lipinski definition) is 1. The number of non-ortho nitro benzene ring substituents is 1. The molecule has 0 saturated heterocycles. The Morgan fingerprint density at radius 2 is 1.77 bits per heavy atom. The summed E-state index contributed by atoms with van der Waals surface area (Å²) in [5.74, 6) is -0.390. The lowest BCUT2D eigenvalue weighted by Gasteiger charge is -2.15. The monoisotopic (exact) mass is 414 g/mol. The van der Waals surface area contributed by atoms with Crippen molar-refractivity contribution in [1.29, 1.82) is 0 Å². The van der Waals surface area contributed by atoms with Crippen LogP contribution in [0.3, 0.4) is 0 Å². The molecule has 1 N–H and O–H groups in total.